The Bertz CT molecular complexity index is 1100. The van der Waals surface area contributed by atoms with Crippen LogP contribution in [0.1, 0.15) is 64.0 Å². The molecule has 1 aromatic heterocycles. The van der Waals surface area contributed by atoms with Crippen molar-refractivity contribution in [2.45, 2.75) is 65.6 Å². The van der Waals surface area contributed by atoms with Crippen molar-refractivity contribution in [2.24, 2.45) is 5.92 Å². The summed E-state index contributed by atoms with van der Waals surface area (Å²) in [5.41, 5.74) is 1.56. The van der Waals surface area contributed by atoms with Gasteiger partial charge in [0.05, 0.1) is 28.4 Å². The Morgan fingerprint density at radius 1 is 1.26 bits per heavy atom. The number of nitrogens with zero attached hydrogens (tertiary/aromatic N) is 3. The highest BCUT2D eigenvalue weighted by molar-refractivity contribution is 6.32. The molecule has 1 aliphatic rings. The van der Waals surface area contributed by atoms with Crippen LogP contribution in [0.2, 0.25) is 5.02 Å². The van der Waals surface area contributed by atoms with E-state index >= 15 is 0 Å². The van der Waals surface area contributed by atoms with Crippen molar-refractivity contribution in [1.29, 1.82) is 0 Å². The zero-order valence-corrected chi connectivity index (χ0v) is 21.7. The van der Waals surface area contributed by atoms with Crippen LogP contribution >= 0.6 is 11.6 Å². The van der Waals surface area contributed by atoms with Crippen LogP contribution in [0.15, 0.2) is 30.5 Å². The summed E-state index contributed by atoms with van der Waals surface area (Å²) in [4.78, 5) is 32.3. The van der Waals surface area contributed by atoms with E-state index in [1.165, 1.54) is 4.90 Å². The lowest BCUT2D eigenvalue weighted by Crippen LogP contribution is -2.61. The molecule has 0 fully saturated rings. The van der Waals surface area contributed by atoms with Crippen LogP contribution in [0.4, 0.5) is 4.79 Å². The standard InChI is InChI=1S/C26H34ClN3O4/c1-16(2)13-26(6,30(24(32)33)25(3,4)5)15-34-21-9-8-17(12-19(21)27)18-10-11-28-20-14-29(7)23(31)22(18)20/h8-12,16H,13-15H2,1-7H3,(H,32,33)/t26-/m0/s1. The Labute approximate surface area is 206 Å². The Morgan fingerprint density at radius 3 is 2.50 bits per heavy atom. The summed E-state index contributed by atoms with van der Waals surface area (Å²) in [7, 11) is 1.75. The maximum absolute atomic E-state index is 12.6. The van der Waals surface area contributed by atoms with Gasteiger partial charge in [0.25, 0.3) is 5.91 Å². The number of ether oxygens (including phenoxy) is 1. The van der Waals surface area contributed by atoms with Crippen molar-refractivity contribution in [3.05, 3.63) is 46.7 Å². The van der Waals surface area contributed by atoms with Crippen molar-refractivity contribution in [3.63, 3.8) is 0 Å². The zero-order chi connectivity index (χ0) is 25.4. The monoisotopic (exact) mass is 487 g/mol. The SMILES string of the molecule is CC(C)C[C@@](C)(COc1ccc(-c2ccnc3c2C(=O)N(C)C3)cc1Cl)N(C(=O)O)C(C)(C)C. The molecular formula is C26H34ClN3O4. The van der Waals surface area contributed by atoms with E-state index in [9.17, 15) is 14.7 Å². The summed E-state index contributed by atoms with van der Waals surface area (Å²) in [6.45, 7) is 12.3. The van der Waals surface area contributed by atoms with E-state index < -0.39 is 17.2 Å². The second-order valence-electron chi connectivity index (χ2n) is 10.7. The average Bonchev–Trinajstić information content (AvgIpc) is 2.99. The van der Waals surface area contributed by atoms with Crippen molar-refractivity contribution in [1.82, 2.24) is 14.8 Å². The van der Waals surface area contributed by atoms with Gasteiger partial charge < -0.3 is 14.7 Å². The number of amides is 2. The summed E-state index contributed by atoms with van der Waals surface area (Å²) in [5, 5.41) is 10.4. The minimum atomic E-state index is -0.984. The zero-order valence-electron chi connectivity index (χ0n) is 21.0. The third kappa shape index (κ3) is 5.14. The lowest BCUT2D eigenvalue weighted by molar-refractivity contribution is -0.0108. The fourth-order valence-corrected chi connectivity index (χ4v) is 5.27. The Balaban J connectivity index is 1.90. The number of carbonyl (C=O) groups is 2. The highest BCUT2D eigenvalue weighted by atomic mass is 35.5. The second-order valence-corrected chi connectivity index (χ2v) is 11.1. The Morgan fingerprint density at radius 2 is 1.94 bits per heavy atom. The van der Waals surface area contributed by atoms with Crippen LogP contribution in [0.3, 0.4) is 0 Å². The van der Waals surface area contributed by atoms with E-state index in [2.05, 4.69) is 18.8 Å². The molecule has 0 bridgehead atoms. The van der Waals surface area contributed by atoms with Gasteiger partial charge in [0.2, 0.25) is 0 Å². The molecule has 0 saturated heterocycles. The van der Waals surface area contributed by atoms with Crippen LogP contribution in [-0.4, -0.2) is 56.6 Å². The van der Waals surface area contributed by atoms with Gasteiger partial charge in [-0.1, -0.05) is 31.5 Å². The number of pyridine rings is 1. The van der Waals surface area contributed by atoms with Crippen molar-refractivity contribution in [2.75, 3.05) is 13.7 Å². The number of rotatable bonds is 7. The Hall–Kier alpha value is -2.80. The molecule has 1 aliphatic heterocycles. The highest BCUT2D eigenvalue weighted by Crippen LogP contribution is 2.37. The molecular weight excluding hydrogens is 454 g/mol. The van der Waals surface area contributed by atoms with E-state index in [-0.39, 0.29) is 18.4 Å². The molecule has 34 heavy (non-hydrogen) atoms. The molecule has 2 amide bonds. The molecule has 7 nitrogen and oxygen atoms in total. The molecule has 1 N–H and O–H groups in total. The predicted molar refractivity (Wildman–Crippen MR) is 133 cm³/mol. The lowest BCUT2D eigenvalue weighted by atomic mass is 9.86. The number of hydrogen-bond donors (Lipinski definition) is 1. The summed E-state index contributed by atoms with van der Waals surface area (Å²) < 4.78 is 6.13. The van der Waals surface area contributed by atoms with Crippen LogP contribution in [0, 0.1) is 5.92 Å². The molecule has 1 aromatic carbocycles. The smallest absolute Gasteiger partial charge is 0.408 e. The Kier molecular flexibility index (Phi) is 7.18. The van der Waals surface area contributed by atoms with Crippen LogP contribution in [0.5, 0.6) is 5.75 Å². The predicted octanol–water partition coefficient (Wildman–Crippen LogP) is 5.95. The third-order valence-electron chi connectivity index (χ3n) is 6.01. The molecule has 0 radical (unpaired) electrons. The number of fused-ring (bicyclic) bond motifs is 1. The first-order valence-electron chi connectivity index (χ1n) is 11.4. The summed E-state index contributed by atoms with van der Waals surface area (Å²) in [6.07, 6.45) is 1.34. The first kappa shape index (κ1) is 25.8. The molecule has 2 aromatic rings. The van der Waals surface area contributed by atoms with Crippen LogP contribution in [0.25, 0.3) is 11.1 Å². The highest BCUT2D eigenvalue weighted by Gasteiger charge is 2.43. The van der Waals surface area contributed by atoms with Gasteiger partial charge in [-0.25, -0.2) is 4.79 Å². The minimum absolute atomic E-state index is 0.0602. The van der Waals surface area contributed by atoms with Crippen molar-refractivity contribution < 1.29 is 19.4 Å². The van der Waals surface area contributed by atoms with Crippen molar-refractivity contribution in [3.8, 4) is 16.9 Å². The van der Waals surface area contributed by atoms with Crippen molar-refractivity contribution >= 4 is 23.6 Å². The van der Waals surface area contributed by atoms with Gasteiger partial charge in [-0.15, -0.1) is 0 Å². The first-order valence-corrected chi connectivity index (χ1v) is 11.8. The fourth-order valence-electron chi connectivity index (χ4n) is 5.03. The molecule has 3 rings (SSSR count). The summed E-state index contributed by atoms with van der Waals surface area (Å²) in [5.74, 6) is 0.670. The van der Waals surface area contributed by atoms with Gasteiger partial charge in [0.15, 0.2) is 0 Å². The molecule has 1 atom stereocenters. The summed E-state index contributed by atoms with van der Waals surface area (Å²) >= 11 is 6.60. The van der Waals surface area contributed by atoms with Crippen LogP contribution in [-0.2, 0) is 6.54 Å². The van der Waals surface area contributed by atoms with E-state index in [0.29, 0.717) is 29.3 Å². The van der Waals surface area contributed by atoms with E-state index in [0.717, 1.165) is 16.8 Å². The van der Waals surface area contributed by atoms with Gasteiger partial charge in [0, 0.05) is 18.8 Å². The quantitative estimate of drug-likeness (QED) is 0.521. The molecule has 0 spiro atoms. The number of carbonyl (C=O) groups excluding carboxylic acids is 1. The maximum Gasteiger partial charge on any atom is 0.408 e. The largest absolute Gasteiger partial charge is 0.490 e. The number of carboxylic acid groups (broad SMARTS) is 1. The normalized spacial score (nSPS) is 15.3. The number of hydrogen-bond acceptors (Lipinski definition) is 4. The average molecular weight is 488 g/mol. The number of aromatic nitrogens is 1. The van der Waals surface area contributed by atoms with Gasteiger partial charge in [0.1, 0.15) is 12.4 Å². The minimum Gasteiger partial charge on any atom is -0.490 e. The number of benzene rings is 1. The van der Waals surface area contributed by atoms with E-state index in [1.807, 2.05) is 39.8 Å². The number of halogens is 1. The fraction of sp³-hybridized carbons (Fsp3) is 0.500. The van der Waals surface area contributed by atoms with E-state index in [1.54, 1.807) is 30.3 Å². The maximum atomic E-state index is 12.6. The second kappa shape index (κ2) is 9.45. The van der Waals surface area contributed by atoms with Gasteiger partial charge in [-0.05, 0) is 69.4 Å². The van der Waals surface area contributed by atoms with Gasteiger partial charge in [-0.3, -0.25) is 14.7 Å². The van der Waals surface area contributed by atoms with Gasteiger partial charge >= 0.3 is 6.09 Å². The summed E-state index contributed by atoms with van der Waals surface area (Å²) in [6, 6.07) is 7.22. The molecule has 2 heterocycles. The third-order valence-corrected chi connectivity index (χ3v) is 6.30. The topological polar surface area (TPSA) is 83.0 Å². The molecule has 0 saturated carbocycles. The first-order chi connectivity index (χ1) is 15.7. The van der Waals surface area contributed by atoms with E-state index in [4.69, 9.17) is 16.3 Å². The van der Waals surface area contributed by atoms with Gasteiger partial charge in [-0.2, -0.15) is 0 Å². The molecule has 0 aliphatic carbocycles. The lowest BCUT2D eigenvalue weighted by Gasteiger charge is -2.47. The molecule has 0 unspecified atom stereocenters. The molecule has 184 valence electrons. The van der Waals surface area contributed by atoms with Crippen LogP contribution < -0.4 is 4.74 Å². The molecule has 8 heteroatoms.